The molecule has 0 amide bonds. The van der Waals surface area contributed by atoms with Gasteiger partial charge in [0.05, 0.1) is 11.5 Å². The molecule has 3 nitrogen and oxygen atoms in total. The van der Waals surface area contributed by atoms with Crippen LogP contribution >= 0.6 is 15.9 Å². The van der Waals surface area contributed by atoms with E-state index in [2.05, 4.69) is 15.9 Å². The third kappa shape index (κ3) is 3.30. The van der Waals surface area contributed by atoms with Crippen LogP contribution in [-0.4, -0.2) is 26.0 Å². The lowest BCUT2D eigenvalue weighted by Gasteiger charge is -2.18. The van der Waals surface area contributed by atoms with E-state index in [4.69, 9.17) is 5.73 Å². The number of sulfone groups is 1. The summed E-state index contributed by atoms with van der Waals surface area (Å²) >= 11 is 3.28. The molecule has 1 aromatic carbocycles. The predicted octanol–water partition coefficient (Wildman–Crippen LogP) is 1.89. The van der Waals surface area contributed by atoms with E-state index in [1.807, 2.05) is 0 Å². The monoisotopic (exact) mass is 335 g/mol. The molecule has 0 aromatic heterocycles. The SMILES string of the molecule is NC(Cc1cc(Br)ccc1F)C1CCS(=O)(=O)C1. The van der Waals surface area contributed by atoms with Crippen molar-refractivity contribution in [1.29, 1.82) is 0 Å². The molecule has 100 valence electrons. The molecule has 0 spiro atoms. The Labute approximate surface area is 115 Å². The lowest BCUT2D eigenvalue weighted by molar-refractivity contribution is 0.453. The van der Waals surface area contributed by atoms with Crippen LogP contribution in [0, 0.1) is 11.7 Å². The van der Waals surface area contributed by atoms with Gasteiger partial charge >= 0.3 is 0 Å². The molecule has 2 atom stereocenters. The Morgan fingerprint density at radius 2 is 2.22 bits per heavy atom. The standard InChI is InChI=1S/C12H15BrFNO2S/c13-10-1-2-11(14)9(5-10)6-12(15)8-3-4-18(16,17)7-8/h1-2,5,8,12H,3-4,6-7,15H2. The fourth-order valence-corrected chi connectivity index (χ4v) is 4.59. The average molecular weight is 336 g/mol. The summed E-state index contributed by atoms with van der Waals surface area (Å²) in [6.07, 6.45) is 0.949. The number of halogens is 2. The van der Waals surface area contributed by atoms with Gasteiger partial charge in [-0.1, -0.05) is 15.9 Å². The minimum Gasteiger partial charge on any atom is -0.327 e. The third-order valence-corrected chi connectivity index (χ3v) is 5.62. The normalized spacial score (nSPS) is 24.1. The average Bonchev–Trinajstić information content (AvgIpc) is 2.64. The number of nitrogens with two attached hydrogens (primary N) is 1. The van der Waals surface area contributed by atoms with E-state index < -0.39 is 9.84 Å². The lowest BCUT2D eigenvalue weighted by atomic mass is 9.94. The van der Waals surface area contributed by atoms with Gasteiger partial charge in [-0.05, 0) is 42.5 Å². The van der Waals surface area contributed by atoms with Gasteiger partial charge in [0, 0.05) is 10.5 Å². The molecule has 1 heterocycles. The topological polar surface area (TPSA) is 60.2 Å². The molecular weight excluding hydrogens is 321 g/mol. The van der Waals surface area contributed by atoms with Crippen molar-refractivity contribution in [3.63, 3.8) is 0 Å². The lowest BCUT2D eigenvalue weighted by Crippen LogP contribution is -2.33. The first-order valence-electron chi connectivity index (χ1n) is 5.77. The molecule has 2 unspecified atom stereocenters. The molecule has 1 saturated heterocycles. The highest BCUT2D eigenvalue weighted by atomic mass is 79.9. The Morgan fingerprint density at radius 1 is 1.50 bits per heavy atom. The van der Waals surface area contributed by atoms with Crippen molar-refractivity contribution in [3.8, 4) is 0 Å². The molecule has 0 saturated carbocycles. The molecular formula is C12H15BrFNO2S. The van der Waals surface area contributed by atoms with Gasteiger partial charge in [-0.25, -0.2) is 12.8 Å². The second kappa shape index (κ2) is 5.27. The maximum Gasteiger partial charge on any atom is 0.150 e. The molecule has 6 heteroatoms. The summed E-state index contributed by atoms with van der Waals surface area (Å²) in [5.74, 6) is -0.0290. The molecule has 0 radical (unpaired) electrons. The Bertz CT molecular complexity index is 547. The zero-order chi connectivity index (χ0) is 13.3. The highest BCUT2D eigenvalue weighted by molar-refractivity contribution is 9.10. The Hall–Kier alpha value is -0.460. The number of benzene rings is 1. The van der Waals surface area contributed by atoms with Gasteiger partial charge in [-0.3, -0.25) is 0 Å². The van der Waals surface area contributed by atoms with E-state index in [1.165, 1.54) is 6.07 Å². The highest BCUT2D eigenvalue weighted by Crippen LogP contribution is 2.24. The molecule has 0 bridgehead atoms. The minimum absolute atomic E-state index is 0.0617. The minimum atomic E-state index is -2.93. The first kappa shape index (κ1) is 14.0. The summed E-state index contributed by atoms with van der Waals surface area (Å²) in [6.45, 7) is 0. The first-order chi connectivity index (χ1) is 8.37. The van der Waals surface area contributed by atoms with Crippen LogP contribution in [0.4, 0.5) is 4.39 Å². The van der Waals surface area contributed by atoms with Crippen LogP contribution in [0.2, 0.25) is 0 Å². The molecule has 1 aliphatic heterocycles. The molecule has 18 heavy (non-hydrogen) atoms. The summed E-state index contributed by atoms with van der Waals surface area (Å²) < 4.78 is 37.1. The maximum absolute atomic E-state index is 13.6. The van der Waals surface area contributed by atoms with Crippen molar-refractivity contribution in [1.82, 2.24) is 0 Å². The highest BCUT2D eigenvalue weighted by Gasteiger charge is 2.32. The van der Waals surface area contributed by atoms with Crippen molar-refractivity contribution in [2.24, 2.45) is 11.7 Å². The Kier molecular flexibility index (Phi) is 4.08. The Balaban J connectivity index is 2.08. The second-order valence-electron chi connectivity index (χ2n) is 4.77. The van der Waals surface area contributed by atoms with E-state index in [0.717, 1.165) is 4.47 Å². The summed E-state index contributed by atoms with van der Waals surface area (Å²) in [6, 6.07) is 4.40. The third-order valence-electron chi connectivity index (χ3n) is 3.34. The van der Waals surface area contributed by atoms with E-state index in [9.17, 15) is 12.8 Å². The van der Waals surface area contributed by atoms with Crippen LogP contribution < -0.4 is 5.73 Å². The summed E-state index contributed by atoms with van der Waals surface area (Å²) in [5, 5.41) is 0. The molecule has 1 aliphatic rings. The molecule has 0 aliphatic carbocycles. The van der Waals surface area contributed by atoms with Gasteiger partial charge in [0.15, 0.2) is 9.84 Å². The number of hydrogen-bond donors (Lipinski definition) is 1. The molecule has 2 N–H and O–H groups in total. The van der Waals surface area contributed by atoms with Crippen LogP contribution in [-0.2, 0) is 16.3 Å². The van der Waals surface area contributed by atoms with Crippen LogP contribution in [0.15, 0.2) is 22.7 Å². The van der Waals surface area contributed by atoms with Gasteiger partial charge in [0.2, 0.25) is 0 Å². The quantitative estimate of drug-likeness (QED) is 0.917. The molecule has 1 fully saturated rings. The second-order valence-corrected chi connectivity index (χ2v) is 7.91. The van der Waals surface area contributed by atoms with E-state index in [0.29, 0.717) is 18.4 Å². The van der Waals surface area contributed by atoms with Gasteiger partial charge < -0.3 is 5.73 Å². The largest absolute Gasteiger partial charge is 0.327 e. The summed E-state index contributed by atoms with van der Waals surface area (Å²) in [4.78, 5) is 0. The van der Waals surface area contributed by atoms with Crippen molar-refractivity contribution >= 4 is 25.8 Å². The van der Waals surface area contributed by atoms with Gasteiger partial charge in [-0.2, -0.15) is 0 Å². The smallest absolute Gasteiger partial charge is 0.150 e. The van der Waals surface area contributed by atoms with Crippen molar-refractivity contribution in [2.75, 3.05) is 11.5 Å². The van der Waals surface area contributed by atoms with Crippen LogP contribution in [0.25, 0.3) is 0 Å². The predicted molar refractivity (Wildman–Crippen MR) is 72.5 cm³/mol. The zero-order valence-corrected chi connectivity index (χ0v) is 12.2. The number of hydrogen-bond acceptors (Lipinski definition) is 3. The zero-order valence-electron chi connectivity index (χ0n) is 9.77. The Morgan fingerprint density at radius 3 is 2.83 bits per heavy atom. The molecule has 1 aromatic rings. The van der Waals surface area contributed by atoms with Gasteiger partial charge in [0.25, 0.3) is 0 Å². The van der Waals surface area contributed by atoms with Crippen LogP contribution in [0.5, 0.6) is 0 Å². The number of rotatable bonds is 3. The maximum atomic E-state index is 13.6. The van der Waals surface area contributed by atoms with E-state index in [-0.39, 0.29) is 29.3 Å². The fourth-order valence-electron chi connectivity index (χ4n) is 2.28. The fraction of sp³-hybridized carbons (Fsp3) is 0.500. The van der Waals surface area contributed by atoms with E-state index >= 15 is 0 Å². The van der Waals surface area contributed by atoms with Crippen LogP contribution in [0.3, 0.4) is 0 Å². The van der Waals surface area contributed by atoms with Gasteiger partial charge in [-0.15, -0.1) is 0 Å². The van der Waals surface area contributed by atoms with Crippen LogP contribution in [0.1, 0.15) is 12.0 Å². The van der Waals surface area contributed by atoms with E-state index in [1.54, 1.807) is 12.1 Å². The van der Waals surface area contributed by atoms with Crippen molar-refractivity contribution in [2.45, 2.75) is 18.9 Å². The van der Waals surface area contributed by atoms with Crippen molar-refractivity contribution in [3.05, 3.63) is 34.1 Å². The summed E-state index contributed by atoms with van der Waals surface area (Å²) in [7, 11) is -2.93. The van der Waals surface area contributed by atoms with Crippen molar-refractivity contribution < 1.29 is 12.8 Å². The first-order valence-corrected chi connectivity index (χ1v) is 8.39. The van der Waals surface area contributed by atoms with Gasteiger partial charge in [0.1, 0.15) is 5.82 Å². The summed E-state index contributed by atoms with van der Waals surface area (Å²) in [5.41, 5.74) is 6.53. The molecule has 2 rings (SSSR count).